The Morgan fingerprint density at radius 2 is 2.50 bits per heavy atom. The predicted octanol–water partition coefficient (Wildman–Crippen LogP) is -0.448. The van der Waals surface area contributed by atoms with Gasteiger partial charge < -0.3 is 10.5 Å². The lowest BCUT2D eigenvalue weighted by Crippen LogP contribution is -2.34. The molecule has 0 aromatic carbocycles. The van der Waals surface area contributed by atoms with Crippen LogP contribution in [0.25, 0.3) is 0 Å². The van der Waals surface area contributed by atoms with Gasteiger partial charge in [0.25, 0.3) is 0 Å². The number of nitrogens with two attached hydrogens (primary N) is 1. The van der Waals surface area contributed by atoms with E-state index in [9.17, 15) is 4.79 Å². The highest BCUT2D eigenvalue weighted by Crippen LogP contribution is 1.87. The Kier molecular flexibility index (Phi) is 4.55. The number of ether oxygens (including phenoxy) is 1. The van der Waals surface area contributed by atoms with Gasteiger partial charge in [-0.15, -0.1) is 6.42 Å². The van der Waals surface area contributed by atoms with Gasteiger partial charge in [-0.3, -0.25) is 4.79 Å². The summed E-state index contributed by atoms with van der Waals surface area (Å²) in [5.74, 6) is 2.07. The van der Waals surface area contributed by atoms with Crippen LogP contribution in [0.15, 0.2) is 0 Å². The first-order valence-electron chi connectivity index (χ1n) is 2.93. The summed E-state index contributed by atoms with van der Waals surface area (Å²) < 4.78 is 4.66. The van der Waals surface area contributed by atoms with Crippen molar-refractivity contribution in [3.8, 4) is 12.3 Å². The summed E-state index contributed by atoms with van der Waals surface area (Å²) in [6.07, 6.45) is 4.98. The molecule has 3 heteroatoms. The fraction of sp³-hybridized carbons (Fsp3) is 0.571. The number of methoxy groups -OCH3 is 1. The van der Waals surface area contributed by atoms with Crippen molar-refractivity contribution in [2.75, 3.05) is 13.7 Å². The molecule has 1 atom stereocenters. The van der Waals surface area contributed by atoms with Gasteiger partial charge in [0.2, 0.25) is 0 Å². The fourth-order valence-electron chi connectivity index (χ4n) is 0.504. The maximum absolute atomic E-state index is 10.8. The molecule has 0 bridgehead atoms. The topological polar surface area (TPSA) is 52.3 Å². The van der Waals surface area contributed by atoms with Gasteiger partial charge in [-0.05, 0) is 0 Å². The van der Waals surface area contributed by atoms with Crippen LogP contribution in [0.4, 0.5) is 0 Å². The number of terminal acetylenes is 1. The van der Waals surface area contributed by atoms with Crippen LogP contribution >= 0.6 is 0 Å². The summed E-state index contributed by atoms with van der Waals surface area (Å²) in [7, 11) is 1.49. The molecule has 1 unspecified atom stereocenters. The van der Waals surface area contributed by atoms with E-state index in [4.69, 9.17) is 12.2 Å². The van der Waals surface area contributed by atoms with Gasteiger partial charge in [0.1, 0.15) is 0 Å². The van der Waals surface area contributed by atoms with E-state index < -0.39 is 6.04 Å². The fourth-order valence-corrected chi connectivity index (χ4v) is 0.504. The van der Waals surface area contributed by atoms with Crippen LogP contribution in [-0.4, -0.2) is 25.5 Å². The third kappa shape index (κ3) is 3.23. The van der Waals surface area contributed by atoms with Gasteiger partial charge in [0, 0.05) is 7.11 Å². The summed E-state index contributed by atoms with van der Waals surface area (Å²) in [5.41, 5.74) is 5.34. The van der Waals surface area contributed by atoms with Crippen molar-refractivity contribution in [1.82, 2.24) is 0 Å². The standard InChI is InChI=1S/C7H11NO2/c1-3-4-7(9)6(8)5-10-2/h1,6H,4-5,8H2,2H3. The van der Waals surface area contributed by atoms with E-state index in [0.29, 0.717) is 0 Å². The molecule has 0 aliphatic heterocycles. The van der Waals surface area contributed by atoms with E-state index in [1.54, 1.807) is 0 Å². The smallest absolute Gasteiger partial charge is 0.163 e. The van der Waals surface area contributed by atoms with Crippen molar-refractivity contribution in [3.05, 3.63) is 0 Å². The van der Waals surface area contributed by atoms with Gasteiger partial charge in [0.05, 0.1) is 19.1 Å². The van der Waals surface area contributed by atoms with Crippen LogP contribution in [0.1, 0.15) is 6.42 Å². The Labute approximate surface area is 60.5 Å². The zero-order valence-electron chi connectivity index (χ0n) is 5.96. The van der Waals surface area contributed by atoms with Crippen molar-refractivity contribution in [3.63, 3.8) is 0 Å². The molecular formula is C7H11NO2. The number of carbonyl (C=O) groups is 1. The van der Waals surface area contributed by atoms with Crippen LogP contribution < -0.4 is 5.73 Å². The van der Waals surface area contributed by atoms with Crippen LogP contribution in [0, 0.1) is 12.3 Å². The monoisotopic (exact) mass is 141 g/mol. The van der Waals surface area contributed by atoms with Gasteiger partial charge in [-0.1, -0.05) is 5.92 Å². The second-order valence-corrected chi connectivity index (χ2v) is 1.91. The zero-order valence-corrected chi connectivity index (χ0v) is 5.96. The van der Waals surface area contributed by atoms with Crippen LogP contribution in [0.3, 0.4) is 0 Å². The van der Waals surface area contributed by atoms with E-state index in [1.165, 1.54) is 7.11 Å². The van der Waals surface area contributed by atoms with E-state index in [1.807, 2.05) is 0 Å². The Bertz CT molecular complexity index is 148. The van der Waals surface area contributed by atoms with E-state index in [0.717, 1.165) is 0 Å². The summed E-state index contributed by atoms with van der Waals surface area (Å²) in [6.45, 7) is 0.237. The highest BCUT2D eigenvalue weighted by atomic mass is 16.5. The second-order valence-electron chi connectivity index (χ2n) is 1.91. The quantitative estimate of drug-likeness (QED) is 0.539. The molecule has 56 valence electrons. The number of Topliss-reactive ketones (excluding diaryl/α,β-unsaturated/α-hetero) is 1. The van der Waals surface area contributed by atoms with Gasteiger partial charge >= 0.3 is 0 Å². The molecule has 0 amide bonds. The molecule has 10 heavy (non-hydrogen) atoms. The van der Waals surface area contributed by atoms with Gasteiger partial charge in [0.15, 0.2) is 5.78 Å². The summed E-state index contributed by atoms with van der Waals surface area (Å²) in [4.78, 5) is 10.8. The van der Waals surface area contributed by atoms with E-state index >= 15 is 0 Å². The van der Waals surface area contributed by atoms with Crippen LogP contribution in [0.2, 0.25) is 0 Å². The summed E-state index contributed by atoms with van der Waals surface area (Å²) >= 11 is 0. The number of hydrogen-bond donors (Lipinski definition) is 1. The highest BCUT2D eigenvalue weighted by Gasteiger charge is 2.10. The average molecular weight is 141 g/mol. The predicted molar refractivity (Wildman–Crippen MR) is 38.3 cm³/mol. The van der Waals surface area contributed by atoms with Gasteiger partial charge in [-0.2, -0.15) is 0 Å². The Morgan fingerprint density at radius 3 is 2.90 bits per heavy atom. The molecule has 0 spiro atoms. The lowest BCUT2D eigenvalue weighted by molar-refractivity contribution is -0.120. The lowest BCUT2D eigenvalue weighted by Gasteiger charge is -2.05. The van der Waals surface area contributed by atoms with Crippen molar-refractivity contribution < 1.29 is 9.53 Å². The average Bonchev–Trinajstić information content (AvgIpc) is 1.89. The van der Waals surface area contributed by atoms with Crippen molar-refractivity contribution >= 4 is 5.78 Å². The zero-order chi connectivity index (χ0) is 7.98. The second kappa shape index (κ2) is 4.98. The number of carbonyl (C=O) groups excluding carboxylic acids is 1. The molecule has 0 fully saturated rings. The molecule has 0 aliphatic rings. The largest absolute Gasteiger partial charge is 0.383 e. The maximum atomic E-state index is 10.8. The first-order chi connectivity index (χ1) is 4.72. The van der Waals surface area contributed by atoms with Crippen LogP contribution in [0.5, 0.6) is 0 Å². The molecule has 0 radical (unpaired) electrons. The first kappa shape index (κ1) is 9.15. The number of ketones is 1. The molecule has 2 N–H and O–H groups in total. The normalized spacial score (nSPS) is 12.1. The summed E-state index contributed by atoms with van der Waals surface area (Å²) in [5, 5.41) is 0. The SMILES string of the molecule is C#CCC(=O)C(N)COC. The molecule has 0 saturated heterocycles. The van der Waals surface area contributed by atoms with Crippen molar-refractivity contribution in [2.45, 2.75) is 12.5 Å². The molecule has 3 nitrogen and oxygen atoms in total. The third-order valence-corrected chi connectivity index (χ3v) is 1.04. The molecule has 0 saturated carbocycles. The number of rotatable bonds is 4. The molecular weight excluding hydrogens is 130 g/mol. The summed E-state index contributed by atoms with van der Waals surface area (Å²) in [6, 6.07) is -0.568. The minimum absolute atomic E-state index is 0.0878. The molecule has 0 aromatic heterocycles. The van der Waals surface area contributed by atoms with Crippen molar-refractivity contribution in [2.24, 2.45) is 5.73 Å². The Balaban J connectivity index is 3.62. The molecule has 0 aromatic rings. The minimum atomic E-state index is -0.568. The number of hydrogen-bond acceptors (Lipinski definition) is 3. The maximum Gasteiger partial charge on any atom is 0.163 e. The molecule has 0 rings (SSSR count). The molecule has 0 aliphatic carbocycles. The highest BCUT2D eigenvalue weighted by molar-refractivity contribution is 5.85. The first-order valence-corrected chi connectivity index (χ1v) is 2.93. The third-order valence-electron chi connectivity index (χ3n) is 1.04. The van der Waals surface area contributed by atoms with Gasteiger partial charge in [-0.25, -0.2) is 0 Å². The van der Waals surface area contributed by atoms with Crippen LogP contribution in [-0.2, 0) is 9.53 Å². The molecule has 0 heterocycles. The Morgan fingerprint density at radius 1 is 1.90 bits per heavy atom. The van der Waals surface area contributed by atoms with E-state index in [-0.39, 0.29) is 18.8 Å². The Hall–Kier alpha value is -0.850. The minimum Gasteiger partial charge on any atom is -0.383 e. The lowest BCUT2D eigenvalue weighted by atomic mass is 10.1. The van der Waals surface area contributed by atoms with Crippen molar-refractivity contribution in [1.29, 1.82) is 0 Å². The van der Waals surface area contributed by atoms with E-state index in [2.05, 4.69) is 10.7 Å².